The second kappa shape index (κ2) is 36.0. The summed E-state index contributed by atoms with van der Waals surface area (Å²) < 4.78 is 0. The molecule has 0 atom stereocenters. The molecule has 0 fully saturated rings. The van der Waals surface area contributed by atoms with Crippen molar-refractivity contribution < 1.29 is 33.9 Å². The van der Waals surface area contributed by atoms with Crippen molar-refractivity contribution in [2.75, 3.05) is 0 Å². The van der Waals surface area contributed by atoms with Gasteiger partial charge in [0.2, 0.25) is 0 Å². The summed E-state index contributed by atoms with van der Waals surface area (Å²) in [6, 6.07) is 0. The smallest absolute Gasteiger partial charge is 0.545 e. The van der Waals surface area contributed by atoms with Crippen LogP contribution in [0.4, 0.5) is 0 Å². The van der Waals surface area contributed by atoms with Gasteiger partial charge in [-0.3, -0.25) is 6.79 Å². The maximum absolute atomic E-state index is 9.52. The van der Waals surface area contributed by atoms with Gasteiger partial charge in [0.05, 0.1) is 0 Å². The van der Waals surface area contributed by atoms with Crippen LogP contribution in [0.25, 0.3) is 0 Å². The molecule has 0 aliphatic heterocycles. The first-order valence-corrected chi connectivity index (χ1v) is 5.45. The molecule has 0 bridgehead atoms. The second-order valence-corrected chi connectivity index (χ2v) is 2.63. The van der Waals surface area contributed by atoms with Gasteiger partial charge in [-0.15, -0.1) is 24.3 Å². The summed E-state index contributed by atoms with van der Waals surface area (Å²) >= 11 is 0. The Morgan fingerprint density at radius 1 is 0.789 bits per heavy atom. The van der Waals surface area contributed by atoms with Crippen LogP contribution in [0.2, 0.25) is 0 Å². The molecule has 0 aromatic carbocycles. The molecule has 0 rings (SSSR count). The summed E-state index contributed by atoms with van der Waals surface area (Å²) in [7, 11) is 0. The molecule has 0 spiro atoms. The van der Waals surface area contributed by atoms with E-state index in [0.29, 0.717) is 0 Å². The molecule has 105 valence electrons. The van der Waals surface area contributed by atoms with Crippen LogP contribution in [-0.2, 0) is 33.9 Å². The maximum Gasteiger partial charge on any atom is 3.00 e. The first kappa shape index (κ1) is 26.2. The van der Waals surface area contributed by atoms with E-state index in [0.717, 1.165) is 12.8 Å². The Morgan fingerprint density at radius 2 is 1.11 bits per heavy atom. The third-order valence-corrected chi connectivity index (χ3v) is 1.29. The number of allylic oxidation sites excluding steroid dienone is 8. The SMILES string of the molecule is CCC=CC=C[C-]=O.CCC=CC=C[C-]=O.[CH-]=O.[Ru+3]. The van der Waals surface area contributed by atoms with E-state index in [9.17, 15) is 9.59 Å². The van der Waals surface area contributed by atoms with Gasteiger partial charge in [-0.05, 0) is 25.4 Å². The molecular formula is C15H19O3Ru. The second-order valence-electron chi connectivity index (χ2n) is 2.63. The fraction of sp³-hybridized carbons (Fsp3) is 0.267. The molecule has 0 aliphatic carbocycles. The van der Waals surface area contributed by atoms with Crippen molar-refractivity contribution in [3.63, 3.8) is 0 Å². The van der Waals surface area contributed by atoms with Crippen molar-refractivity contribution in [2.24, 2.45) is 0 Å². The predicted octanol–water partition coefficient (Wildman–Crippen LogP) is 2.96. The van der Waals surface area contributed by atoms with Crippen molar-refractivity contribution >= 4 is 19.4 Å². The zero-order valence-electron chi connectivity index (χ0n) is 11.2. The van der Waals surface area contributed by atoms with Crippen LogP contribution in [0.1, 0.15) is 26.7 Å². The molecule has 3 nitrogen and oxygen atoms in total. The normalized spacial score (nSPS) is 9.58. The summed E-state index contributed by atoms with van der Waals surface area (Å²) in [4.78, 5) is 26.8. The van der Waals surface area contributed by atoms with Crippen LogP contribution in [-0.4, -0.2) is 19.4 Å². The zero-order chi connectivity index (χ0) is 14.5. The Labute approximate surface area is 128 Å². The number of hydrogen-bond donors (Lipinski definition) is 0. The fourth-order valence-corrected chi connectivity index (χ4v) is 0.619. The van der Waals surface area contributed by atoms with E-state index < -0.39 is 0 Å². The average molecular weight is 348 g/mol. The molecule has 0 aromatic rings. The van der Waals surface area contributed by atoms with Gasteiger partial charge in [0.25, 0.3) is 0 Å². The topological polar surface area (TPSA) is 51.2 Å². The minimum Gasteiger partial charge on any atom is -0.545 e. The Balaban J connectivity index is -0.0000000999. The molecular weight excluding hydrogens is 329 g/mol. The van der Waals surface area contributed by atoms with Crippen molar-refractivity contribution in [1.82, 2.24) is 0 Å². The van der Waals surface area contributed by atoms with Crippen LogP contribution in [0.5, 0.6) is 0 Å². The monoisotopic (exact) mass is 349 g/mol. The van der Waals surface area contributed by atoms with E-state index in [1.807, 2.05) is 38.2 Å². The van der Waals surface area contributed by atoms with Gasteiger partial charge in [0.15, 0.2) is 0 Å². The molecule has 19 heavy (non-hydrogen) atoms. The van der Waals surface area contributed by atoms with Crippen molar-refractivity contribution in [2.45, 2.75) is 26.7 Å². The van der Waals surface area contributed by atoms with Gasteiger partial charge < -0.3 is 14.4 Å². The predicted molar refractivity (Wildman–Crippen MR) is 75.3 cm³/mol. The summed E-state index contributed by atoms with van der Waals surface area (Å²) in [6.07, 6.45) is 18.9. The Hall–Kier alpha value is -1.41. The molecule has 0 aliphatic rings. The summed E-state index contributed by atoms with van der Waals surface area (Å²) in [6.45, 7) is 7.32. The first-order chi connectivity index (χ1) is 8.83. The number of rotatable bonds is 6. The summed E-state index contributed by atoms with van der Waals surface area (Å²) in [5, 5.41) is 0. The van der Waals surface area contributed by atoms with Gasteiger partial charge >= 0.3 is 19.5 Å². The molecule has 4 heteroatoms. The average Bonchev–Trinajstić information content (AvgIpc) is 2.43. The minimum absolute atomic E-state index is 0. The van der Waals surface area contributed by atoms with Gasteiger partial charge in [-0.2, -0.15) is 12.2 Å². The van der Waals surface area contributed by atoms with Crippen molar-refractivity contribution in [3.8, 4) is 0 Å². The largest absolute Gasteiger partial charge is 3.00 e. The number of carbonyl (C=O) groups excluding carboxylic acids is 3. The number of hydrogen-bond acceptors (Lipinski definition) is 3. The van der Waals surface area contributed by atoms with E-state index in [-0.39, 0.29) is 19.5 Å². The van der Waals surface area contributed by atoms with E-state index in [1.165, 1.54) is 12.2 Å². The Morgan fingerprint density at radius 3 is 1.32 bits per heavy atom. The van der Waals surface area contributed by atoms with Crippen molar-refractivity contribution in [3.05, 3.63) is 48.6 Å². The Bertz CT molecular complexity index is 251. The molecule has 0 aromatic heterocycles. The molecule has 0 heterocycles. The third-order valence-electron chi connectivity index (χ3n) is 1.29. The maximum atomic E-state index is 9.52. The van der Waals surface area contributed by atoms with Gasteiger partial charge in [0, 0.05) is 0 Å². The molecule has 0 saturated heterocycles. The van der Waals surface area contributed by atoms with Crippen LogP contribution in [0.3, 0.4) is 0 Å². The third kappa shape index (κ3) is 47.9. The van der Waals surface area contributed by atoms with Crippen LogP contribution in [0.15, 0.2) is 48.6 Å². The zero-order valence-corrected chi connectivity index (χ0v) is 12.9. The van der Waals surface area contributed by atoms with E-state index in [1.54, 1.807) is 24.7 Å². The quantitative estimate of drug-likeness (QED) is 0.244. The van der Waals surface area contributed by atoms with Crippen LogP contribution in [0, 0.1) is 0 Å². The molecule has 1 radical (unpaired) electrons. The van der Waals surface area contributed by atoms with Gasteiger partial charge in [-0.25, -0.2) is 12.2 Å². The van der Waals surface area contributed by atoms with E-state index in [4.69, 9.17) is 4.79 Å². The molecule has 0 saturated carbocycles. The van der Waals surface area contributed by atoms with E-state index >= 15 is 0 Å². The van der Waals surface area contributed by atoms with Crippen LogP contribution >= 0.6 is 0 Å². The van der Waals surface area contributed by atoms with E-state index in [2.05, 4.69) is 6.79 Å². The first-order valence-electron chi connectivity index (χ1n) is 5.45. The molecule has 0 N–H and O–H groups in total. The Kier molecular flexibility index (Phi) is 49.6. The summed E-state index contributed by atoms with van der Waals surface area (Å²) in [5.41, 5.74) is 0. The summed E-state index contributed by atoms with van der Waals surface area (Å²) in [5.74, 6) is 0. The minimum atomic E-state index is 0. The van der Waals surface area contributed by atoms with Gasteiger partial charge in [-0.1, -0.05) is 13.8 Å². The van der Waals surface area contributed by atoms with Crippen LogP contribution < -0.4 is 0 Å². The molecule has 0 amide bonds. The standard InChI is InChI=1S/2C7H9O.CHO.Ru/c2*1-2-3-4-5-6-7-8;1-2;/h2*3-6H,2H2,1H3;1H;/q3*-1;+3. The fourth-order valence-electron chi connectivity index (χ4n) is 0.619. The molecule has 0 unspecified atom stereocenters. The van der Waals surface area contributed by atoms with Gasteiger partial charge in [0.1, 0.15) is 0 Å². The van der Waals surface area contributed by atoms with Crippen molar-refractivity contribution in [1.29, 1.82) is 0 Å².